The zero-order chi connectivity index (χ0) is 8.27. The minimum Gasteiger partial charge on any atom is -0.247 e. The standard InChI is InChI=1S/C7H7Cl2NS/c1-2-11-7-6(9)3-5(8)4-10-7/h3-4H,2H2,1H3. The first-order chi connectivity index (χ1) is 5.24. The van der Waals surface area contributed by atoms with Crippen molar-refractivity contribution in [1.82, 2.24) is 4.98 Å². The molecule has 0 spiro atoms. The number of rotatable bonds is 2. The number of halogens is 2. The Labute approximate surface area is 80.1 Å². The summed E-state index contributed by atoms with van der Waals surface area (Å²) in [7, 11) is 0. The highest BCUT2D eigenvalue weighted by Gasteiger charge is 2.00. The van der Waals surface area contributed by atoms with Crippen LogP contribution in [0.3, 0.4) is 0 Å². The number of thioether (sulfide) groups is 1. The maximum absolute atomic E-state index is 5.84. The van der Waals surface area contributed by atoms with Gasteiger partial charge in [-0.3, -0.25) is 0 Å². The molecule has 1 rings (SSSR count). The molecule has 11 heavy (non-hydrogen) atoms. The summed E-state index contributed by atoms with van der Waals surface area (Å²) in [5.41, 5.74) is 0. The average molecular weight is 208 g/mol. The molecular formula is C7H7Cl2NS. The molecule has 1 aromatic heterocycles. The first kappa shape index (κ1) is 9.17. The fourth-order valence-corrected chi connectivity index (χ4v) is 1.79. The van der Waals surface area contributed by atoms with Crippen molar-refractivity contribution in [3.63, 3.8) is 0 Å². The Morgan fingerprint density at radius 3 is 2.82 bits per heavy atom. The van der Waals surface area contributed by atoms with Crippen molar-refractivity contribution in [3.05, 3.63) is 22.3 Å². The molecule has 0 fully saturated rings. The molecule has 1 nitrogen and oxygen atoms in total. The third kappa shape index (κ3) is 2.55. The maximum Gasteiger partial charge on any atom is 0.115 e. The molecule has 0 aliphatic heterocycles. The van der Waals surface area contributed by atoms with E-state index in [0.717, 1.165) is 10.8 Å². The molecule has 0 unspecified atom stereocenters. The molecule has 0 aromatic carbocycles. The number of hydrogen-bond acceptors (Lipinski definition) is 2. The largest absolute Gasteiger partial charge is 0.247 e. The summed E-state index contributed by atoms with van der Waals surface area (Å²) >= 11 is 13.1. The Bertz CT molecular complexity index is 252. The molecule has 0 saturated heterocycles. The summed E-state index contributed by atoms with van der Waals surface area (Å²) in [6, 6.07) is 1.70. The molecular weight excluding hydrogens is 201 g/mol. The topological polar surface area (TPSA) is 12.9 Å². The van der Waals surface area contributed by atoms with E-state index in [1.165, 1.54) is 0 Å². The van der Waals surface area contributed by atoms with Gasteiger partial charge in [0.25, 0.3) is 0 Å². The first-order valence-corrected chi connectivity index (χ1v) is 4.92. The van der Waals surface area contributed by atoms with E-state index in [2.05, 4.69) is 11.9 Å². The van der Waals surface area contributed by atoms with E-state index in [1.54, 1.807) is 24.0 Å². The van der Waals surface area contributed by atoms with Gasteiger partial charge >= 0.3 is 0 Å². The van der Waals surface area contributed by atoms with E-state index in [0.29, 0.717) is 10.0 Å². The van der Waals surface area contributed by atoms with E-state index < -0.39 is 0 Å². The zero-order valence-corrected chi connectivity index (χ0v) is 8.30. The number of hydrogen-bond donors (Lipinski definition) is 0. The lowest BCUT2D eigenvalue weighted by atomic mass is 10.5. The van der Waals surface area contributed by atoms with Gasteiger partial charge in [-0.05, 0) is 11.8 Å². The molecule has 0 atom stereocenters. The van der Waals surface area contributed by atoms with Crippen molar-refractivity contribution < 1.29 is 0 Å². The molecule has 0 aliphatic carbocycles. The van der Waals surface area contributed by atoms with Crippen molar-refractivity contribution >= 4 is 35.0 Å². The van der Waals surface area contributed by atoms with Gasteiger partial charge in [0.05, 0.1) is 10.0 Å². The third-order valence-electron chi connectivity index (χ3n) is 1.06. The number of nitrogens with zero attached hydrogens (tertiary/aromatic N) is 1. The van der Waals surface area contributed by atoms with Gasteiger partial charge in [0, 0.05) is 6.20 Å². The molecule has 1 aromatic rings. The smallest absolute Gasteiger partial charge is 0.115 e. The quantitative estimate of drug-likeness (QED) is 0.690. The lowest BCUT2D eigenvalue weighted by molar-refractivity contribution is 1.13. The summed E-state index contributed by atoms with van der Waals surface area (Å²) in [5, 5.41) is 2.05. The Kier molecular flexibility index (Phi) is 3.49. The molecule has 0 aliphatic rings. The lowest BCUT2D eigenvalue weighted by Gasteiger charge is -1.99. The highest BCUT2D eigenvalue weighted by Crippen LogP contribution is 2.26. The molecule has 1 heterocycles. The molecule has 0 bridgehead atoms. The summed E-state index contributed by atoms with van der Waals surface area (Å²) in [4.78, 5) is 4.07. The van der Waals surface area contributed by atoms with Gasteiger partial charge in [-0.15, -0.1) is 11.8 Å². The molecule has 0 saturated carbocycles. The highest BCUT2D eigenvalue weighted by atomic mass is 35.5. The van der Waals surface area contributed by atoms with Gasteiger partial charge in [0.1, 0.15) is 5.03 Å². The van der Waals surface area contributed by atoms with Gasteiger partial charge in [0.15, 0.2) is 0 Å². The molecule has 0 radical (unpaired) electrons. The van der Waals surface area contributed by atoms with Crippen molar-refractivity contribution in [2.75, 3.05) is 5.75 Å². The predicted molar refractivity (Wildman–Crippen MR) is 50.7 cm³/mol. The van der Waals surface area contributed by atoms with Crippen LogP contribution in [0.5, 0.6) is 0 Å². The van der Waals surface area contributed by atoms with Gasteiger partial charge in [-0.2, -0.15) is 0 Å². The van der Waals surface area contributed by atoms with Crippen LogP contribution in [0.25, 0.3) is 0 Å². The molecule has 4 heteroatoms. The van der Waals surface area contributed by atoms with Gasteiger partial charge < -0.3 is 0 Å². The van der Waals surface area contributed by atoms with E-state index in [4.69, 9.17) is 23.2 Å². The fraction of sp³-hybridized carbons (Fsp3) is 0.286. The predicted octanol–water partition coefficient (Wildman–Crippen LogP) is 3.50. The second kappa shape index (κ2) is 4.19. The summed E-state index contributed by atoms with van der Waals surface area (Å²) in [6.45, 7) is 2.05. The minimum absolute atomic E-state index is 0.579. The molecule has 0 amide bonds. The second-order valence-corrected chi connectivity index (χ2v) is 3.97. The summed E-state index contributed by atoms with van der Waals surface area (Å²) in [6.07, 6.45) is 1.60. The van der Waals surface area contributed by atoms with Gasteiger partial charge in [-0.1, -0.05) is 30.1 Å². The Morgan fingerprint density at radius 1 is 1.55 bits per heavy atom. The van der Waals surface area contributed by atoms with Crippen molar-refractivity contribution in [2.45, 2.75) is 11.9 Å². The third-order valence-corrected chi connectivity index (χ3v) is 2.55. The highest BCUT2D eigenvalue weighted by molar-refractivity contribution is 7.99. The Balaban J connectivity index is 2.90. The zero-order valence-electron chi connectivity index (χ0n) is 5.97. The number of pyridine rings is 1. The van der Waals surface area contributed by atoms with Crippen molar-refractivity contribution in [3.8, 4) is 0 Å². The maximum atomic E-state index is 5.84. The van der Waals surface area contributed by atoms with Crippen molar-refractivity contribution in [1.29, 1.82) is 0 Å². The normalized spacial score (nSPS) is 10.1. The SMILES string of the molecule is CCSc1ncc(Cl)cc1Cl. The van der Waals surface area contributed by atoms with E-state index in [1.807, 2.05) is 0 Å². The van der Waals surface area contributed by atoms with Crippen LogP contribution >= 0.6 is 35.0 Å². The van der Waals surface area contributed by atoms with Crippen LogP contribution in [-0.4, -0.2) is 10.7 Å². The van der Waals surface area contributed by atoms with Crippen LogP contribution < -0.4 is 0 Å². The second-order valence-electron chi connectivity index (χ2n) is 1.87. The Morgan fingerprint density at radius 2 is 2.27 bits per heavy atom. The van der Waals surface area contributed by atoms with E-state index in [-0.39, 0.29) is 0 Å². The van der Waals surface area contributed by atoms with Gasteiger partial charge in [0.2, 0.25) is 0 Å². The van der Waals surface area contributed by atoms with E-state index in [9.17, 15) is 0 Å². The molecule has 60 valence electrons. The summed E-state index contributed by atoms with van der Waals surface area (Å²) in [5.74, 6) is 0.967. The first-order valence-electron chi connectivity index (χ1n) is 3.18. The fourth-order valence-electron chi connectivity index (χ4n) is 0.645. The van der Waals surface area contributed by atoms with Crippen LogP contribution in [0.1, 0.15) is 6.92 Å². The van der Waals surface area contributed by atoms with Crippen LogP contribution in [0.15, 0.2) is 17.3 Å². The van der Waals surface area contributed by atoms with E-state index >= 15 is 0 Å². The van der Waals surface area contributed by atoms with Crippen LogP contribution in [-0.2, 0) is 0 Å². The molecule has 0 N–H and O–H groups in total. The van der Waals surface area contributed by atoms with Crippen LogP contribution in [0, 0.1) is 0 Å². The van der Waals surface area contributed by atoms with Gasteiger partial charge in [-0.25, -0.2) is 4.98 Å². The minimum atomic E-state index is 0.579. The lowest BCUT2D eigenvalue weighted by Crippen LogP contribution is -1.81. The average Bonchev–Trinajstić information content (AvgIpc) is 1.95. The monoisotopic (exact) mass is 207 g/mol. The number of aromatic nitrogens is 1. The summed E-state index contributed by atoms with van der Waals surface area (Å²) < 4.78 is 0. The van der Waals surface area contributed by atoms with Crippen LogP contribution in [0.2, 0.25) is 10.0 Å². The van der Waals surface area contributed by atoms with Crippen LogP contribution in [0.4, 0.5) is 0 Å². The Hall–Kier alpha value is 0.0800. The van der Waals surface area contributed by atoms with Crippen molar-refractivity contribution in [2.24, 2.45) is 0 Å².